The second kappa shape index (κ2) is 7.47. The molecule has 4 atom stereocenters. The van der Waals surface area contributed by atoms with Gasteiger partial charge in [0.05, 0.1) is 6.61 Å². The van der Waals surface area contributed by atoms with Crippen LogP contribution in [-0.2, 0) is 24.2 Å². The minimum absolute atomic E-state index is 0.0595. The summed E-state index contributed by atoms with van der Waals surface area (Å²) >= 11 is 0. The lowest BCUT2D eigenvalue weighted by atomic mass is 10.0. The first-order chi connectivity index (χ1) is 8.62. The van der Waals surface area contributed by atoms with Crippen molar-refractivity contribution in [3.05, 3.63) is 0 Å². The third-order valence-electron chi connectivity index (χ3n) is 2.02. The molecule has 0 radical (unpaired) electrons. The fraction of sp³-hybridized carbons (Fsp3) is 0.750. The topological polar surface area (TPSA) is 173 Å². The van der Waals surface area contributed by atoms with Crippen LogP contribution in [0.25, 0.3) is 0 Å². The summed E-state index contributed by atoms with van der Waals surface area (Å²) in [4.78, 5) is 21.4. The predicted molar refractivity (Wildman–Crippen MR) is 57.3 cm³/mol. The molecular formula is C8H14NO9S-. The molecule has 0 aliphatic rings. The van der Waals surface area contributed by atoms with Gasteiger partial charge in [-0.15, -0.1) is 0 Å². The maximum atomic E-state index is 10.8. The number of aldehydes is 1. The third kappa shape index (κ3) is 6.56. The van der Waals surface area contributed by atoms with Gasteiger partial charge in [0.15, 0.2) is 0 Å². The molecule has 112 valence electrons. The average Bonchev–Trinajstić information content (AvgIpc) is 2.29. The van der Waals surface area contributed by atoms with Crippen LogP contribution >= 0.6 is 0 Å². The molecule has 4 N–H and O–H groups in total. The number of aliphatic hydroxyl groups excluding tert-OH is 3. The van der Waals surface area contributed by atoms with Gasteiger partial charge in [-0.1, -0.05) is 0 Å². The number of rotatable bonds is 8. The Morgan fingerprint density at radius 1 is 1.47 bits per heavy atom. The van der Waals surface area contributed by atoms with Crippen LogP contribution in [-0.4, -0.2) is 71.4 Å². The standard InChI is InChI=1S/C8H15NO9S/c1-4(12)9-5(2-10)7(14)8(6(13)3-11)18-19(15,16)17/h2,5-8,11,13-14H,3H2,1H3,(H,9,12)(H,15,16,17)/p-1/t5-,6+,7+,8-/m0/s1. The van der Waals surface area contributed by atoms with Gasteiger partial charge in [-0.3, -0.25) is 8.98 Å². The Balaban J connectivity index is 5.11. The number of hydrogen-bond donors (Lipinski definition) is 4. The minimum atomic E-state index is -5.30. The van der Waals surface area contributed by atoms with E-state index in [4.69, 9.17) is 5.11 Å². The van der Waals surface area contributed by atoms with Crippen LogP contribution in [0.3, 0.4) is 0 Å². The summed E-state index contributed by atoms with van der Waals surface area (Å²) in [6.45, 7) is -0.0191. The van der Waals surface area contributed by atoms with Crippen molar-refractivity contribution >= 4 is 22.6 Å². The molecule has 0 rings (SSSR count). The number of amides is 1. The second-order valence-corrected chi connectivity index (χ2v) is 4.58. The van der Waals surface area contributed by atoms with E-state index in [9.17, 15) is 32.8 Å². The van der Waals surface area contributed by atoms with Crippen molar-refractivity contribution in [3.8, 4) is 0 Å². The lowest BCUT2D eigenvalue weighted by molar-refractivity contribution is -0.128. The van der Waals surface area contributed by atoms with Crippen LogP contribution in [0.1, 0.15) is 6.92 Å². The van der Waals surface area contributed by atoms with Crippen LogP contribution in [0.5, 0.6) is 0 Å². The third-order valence-corrected chi connectivity index (χ3v) is 2.47. The highest BCUT2D eigenvalue weighted by Crippen LogP contribution is 2.11. The van der Waals surface area contributed by atoms with Crippen molar-refractivity contribution in [3.63, 3.8) is 0 Å². The van der Waals surface area contributed by atoms with E-state index in [0.717, 1.165) is 6.92 Å². The number of nitrogens with one attached hydrogen (secondary N) is 1. The van der Waals surface area contributed by atoms with Crippen LogP contribution in [0.15, 0.2) is 0 Å². The molecule has 0 saturated carbocycles. The fourth-order valence-corrected chi connectivity index (χ4v) is 1.74. The van der Waals surface area contributed by atoms with E-state index in [1.807, 2.05) is 5.32 Å². The maximum Gasteiger partial charge on any atom is 0.218 e. The molecule has 1 amide bonds. The van der Waals surface area contributed by atoms with Gasteiger partial charge in [0.25, 0.3) is 0 Å². The quantitative estimate of drug-likeness (QED) is 0.199. The van der Waals surface area contributed by atoms with Gasteiger partial charge in [0, 0.05) is 6.92 Å². The molecule has 0 aromatic heterocycles. The van der Waals surface area contributed by atoms with E-state index in [2.05, 4.69) is 4.18 Å². The van der Waals surface area contributed by atoms with E-state index in [-0.39, 0.29) is 6.29 Å². The van der Waals surface area contributed by atoms with Crippen molar-refractivity contribution in [2.24, 2.45) is 0 Å². The lowest BCUT2D eigenvalue weighted by Gasteiger charge is -2.30. The highest BCUT2D eigenvalue weighted by atomic mass is 32.3. The first-order valence-corrected chi connectivity index (χ1v) is 6.29. The fourth-order valence-electron chi connectivity index (χ4n) is 1.23. The molecule has 0 bridgehead atoms. The van der Waals surface area contributed by atoms with Gasteiger partial charge in [0.2, 0.25) is 16.3 Å². The molecule has 0 aromatic rings. The molecule has 10 nitrogen and oxygen atoms in total. The Labute approximate surface area is 109 Å². The van der Waals surface area contributed by atoms with Gasteiger partial charge in [-0.2, -0.15) is 0 Å². The summed E-state index contributed by atoms with van der Waals surface area (Å²) in [5, 5.41) is 29.5. The Morgan fingerprint density at radius 3 is 2.32 bits per heavy atom. The zero-order valence-electron chi connectivity index (χ0n) is 9.79. The van der Waals surface area contributed by atoms with Crippen molar-refractivity contribution in [2.75, 3.05) is 6.61 Å². The zero-order valence-corrected chi connectivity index (χ0v) is 10.6. The summed E-state index contributed by atoms with van der Waals surface area (Å²) < 4.78 is 35.2. The second-order valence-electron chi connectivity index (χ2n) is 3.57. The maximum absolute atomic E-state index is 10.8. The summed E-state index contributed by atoms with van der Waals surface area (Å²) in [6, 6.07) is -1.62. The molecule has 0 aliphatic heterocycles. The Morgan fingerprint density at radius 2 is 2.00 bits per heavy atom. The summed E-state index contributed by atoms with van der Waals surface area (Å²) in [7, 11) is -5.30. The number of carbonyl (C=O) groups excluding carboxylic acids is 2. The molecule has 0 heterocycles. The minimum Gasteiger partial charge on any atom is -0.726 e. The molecule has 0 aromatic carbocycles. The Kier molecular flexibility index (Phi) is 7.04. The van der Waals surface area contributed by atoms with Crippen molar-refractivity contribution in [1.82, 2.24) is 5.32 Å². The van der Waals surface area contributed by atoms with E-state index >= 15 is 0 Å². The van der Waals surface area contributed by atoms with Crippen molar-refractivity contribution in [2.45, 2.75) is 31.3 Å². The monoisotopic (exact) mass is 300 g/mol. The molecular weight excluding hydrogens is 286 g/mol. The molecule has 0 spiro atoms. The van der Waals surface area contributed by atoms with Crippen LogP contribution in [0, 0.1) is 0 Å². The molecule has 19 heavy (non-hydrogen) atoms. The largest absolute Gasteiger partial charge is 0.726 e. The average molecular weight is 300 g/mol. The predicted octanol–water partition coefficient (Wildman–Crippen LogP) is -3.75. The molecule has 0 unspecified atom stereocenters. The van der Waals surface area contributed by atoms with Crippen LogP contribution in [0.2, 0.25) is 0 Å². The van der Waals surface area contributed by atoms with E-state index < -0.39 is 47.3 Å². The summed E-state index contributed by atoms with van der Waals surface area (Å²) in [5.74, 6) is -0.724. The molecule has 0 aliphatic carbocycles. The van der Waals surface area contributed by atoms with Gasteiger partial charge < -0.3 is 30.0 Å². The number of aliphatic hydroxyl groups is 3. The van der Waals surface area contributed by atoms with Crippen molar-refractivity contribution in [1.29, 1.82) is 0 Å². The summed E-state index contributed by atoms with van der Waals surface area (Å²) in [6.07, 6.45) is -6.04. The van der Waals surface area contributed by atoms with Gasteiger partial charge in [-0.05, 0) is 0 Å². The van der Waals surface area contributed by atoms with Gasteiger partial charge in [0.1, 0.15) is 30.6 Å². The lowest BCUT2D eigenvalue weighted by Crippen LogP contribution is -2.54. The number of hydrogen-bond acceptors (Lipinski definition) is 9. The van der Waals surface area contributed by atoms with E-state index in [0.29, 0.717) is 0 Å². The first-order valence-electron chi connectivity index (χ1n) is 4.96. The molecule has 11 heteroatoms. The van der Waals surface area contributed by atoms with E-state index in [1.54, 1.807) is 0 Å². The first kappa shape index (κ1) is 17.9. The Bertz CT molecular complexity index is 408. The highest BCUT2D eigenvalue weighted by Gasteiger charge is 2.35. The molecule has 0 saturated heterocycles. The zero-order chi connectivity index (χ0) is 15.2. The van der Waals surface area contributed by atoms with Crippen LogP contribution in [0.4, 0.5) is 0 Å². The summed E-state index contributed by atoms with van der Waals surface area (Å²) in [5.41, 5.74) is 0. The van der Waals surface area contributed by atoms with Crippen LogP contribution < -0.4 is 5.32 Å². The Hall–Kier alpha value is -1.11. The molecule has 0 fully saturated rings. The normalized spacial score (nSPS) is 18.2. The van der Waals surface area contributed by atoms with Gasteiger partial charge >= 0.3 is 0 Å². The van der Waals surface area contributed by atoms with Gasteiger partial charge in [-0.25, -0.2) is 8.42 Å². The SMILES string of the molecule is CC(=O)N[C@@H](C=O)[C@@H](O)[C@@H](OS(=O)(=O)[O-])[C@H](O)CO. The van der Waals surface area contributed by atoms with E-state index in [1.165, 1.54) is 0 Å². The van der Waals surface area contributed by atoms with Crippen molar-refractivity contribution < 1.29 is 42.1 Å². The number of carbonyl (C=O) groups is 2. The smallest absolute Gasteiger partial charge is 0.218 e. The highest BCUT2D eigenvalue weighted by molar-refractivity contribution is 7.80.